The molecule has 0 aromatic heterocycles. The van der Waals surface area contributed by atoms with Gasteiger partial charge < -0.3 is 20.1 Å². The molecule has 0 bridgehead atoms. The van der Waals surface area contributed by atoms with E-state index in [1.165, 1.54) is 11.1 Å². The number of nitrogens with zero attached hydrogens (tertiary/aromatic N) is 1. The first-order chi connectivity index (χ1) is 12.3. The smallest absolute Gasteiger partial charge is 0.191 e. The van der Waals surface area contributed by atoms with E-state index >= 15 is 0 Å². The van der Waals surface area contributed by atoms with Crippen molar-refractivity contribution in [3.63, 3.8) is 0 Å². The van der Waals surface area contributed by atoms with Crippen LogP contribution >= 0.6 is 24.0 Å². The molecule has 6 heteroatoms. The lowest BCUT2D eigenvalue weighted by atomic mass is 10.0. The van der Waals surface area contributed by atoms with Crippen LogP contribution in [0.1, 0.15) is 37.3 Å². The Balaban J connectivity index is 0.00000338. The maximum atomic E-state index is 5.80. The van der Waals surface area contributed by atoms with Crippen LogP contribution in [0, 0.1) is 12.8 Å². The second-order valence-corrected chi connectivity index (χ2v) is 6.53. The third-order valence-corrected chi connectivity index (χ3v) is 4.47. The third-order valence-electron chi connectivity index (χ3n) is 4.47. The Morgan fingerprint density at radius 2 is 2.00 bits per heavy atom. The topological polar surface area (TPSA) is 54.9 Å². The van der Waals surface area contributed by atoms with E-state index in [0.29, 0.717) is 12.5 Å². The van der Waals surface area contributed by atoms with Crippen LogP contribution in [0.25, 0.3) is 0 Å². The van der Waals surface area contributed by atoms with E-state index in [0.717, 1.165) is 64.7 Å². The minimum Gasteiger partial charge on any atom is -0.381 e. The maximum Gasteiger partial charge on any atom is 0.191 e. The van der Waals surface area contributed by atoms with E-state index < -0.39 is 0 Å². The van der Waals surface area contributed by atoms with Gasteiger partial charge >= 0.3 is 0 Å². The molecule has 1 aromatic rings. The molecule has 0 spiro atoms. The first-order valence-electron chi connectivity index (χ1n) is 9.51. The standard InChI is InChI=1S/C20H33N3O2.HI/c1-3-21-20(23-15-19-8-5-4-7-17(19)2)22-11-6-12-25-16-18-9-13-24-14-10-18;/h4-5,7-8,18H,3,6,9-16H2,1-2H3,(H2,21,22,23);1H. The summed E-state index contributed by atoms with van der Waals surface area (Å²) in [5.74, 6) is 1.55. The fourth-order valence-electron chi connectivity index (χ4n) is 2.84. The number of rotatable bonds is 9. The second-order valence-electron chi connectivity index (χ2n) is 6.53. The zero-order valence-corrected chi connectivity index (χ0v) is 18.5. The van der Waals surface area contributed by atoms with Crippen molar-refractivity contribution in [3.05, 3.63) is 35.4 Å². The molecule has 0 radical (unpaired) electrons. The predicted molar refractivity (Wildman–Crippen MR) is 118 cm³/mol. The number of guanidine groups is 1. The van der Waals surface area contributed by atoms with Crippen molar-refractivity contribution in [2.45, 2.75) is 39.7 Å². The van der Waals surface area contributed by atoms with Crippen molar-refractivity contribution in [1.29, 1.82) is 0 Å². The lowest BCUT2D eigenvalue weighted by molar-refractivity contribution is 0.0203. The highest BCUT2D eigenvalue weighted by molar-refractivity contribution is 14.0. The van der Waals surface area contributed by atoms with Crippen molar-refractivity contribution in [2.24, 2.45) is 10.9 Å². The molecule has 1 aliphatic rings. The first kappa shape index (κ1) is 23.2. The number of aliphatic imine (C=N–C) groups is 1. The molecule has 1 aromatic carbocycles. The van der Waals surface area contributed by atoms with Crippen molar-refractivity contribution in [2.75, 3.05) is 39.5 Å². The van der Waals surface area contributed by atoms with Gasteiger partial charge in [0.2, 0.25) is 0 Å². The summed E-state index contributed by atoms with van der Waals surface area (Å²) >= 11 is 0. The number of ether oxygens (including phenoxy) is 2. The molecular formula is C20H34IN3O2. The number of aryl methyl sites for hydroxylation is 1. The summed E-state index contributed by atoms with van der Waals surface area (Å²) in [7, 11) is 0. The van der Waals surface area contributed by atoms with E-state index in [4.69, 9.17) is 9.47 Å². The van der Waals surface area contributed by atoms with Crippen LogP contribution in [0.4, 0.5) is 0 Å². The van der Waals surface area contributed by atoms with Gasteiger partial charge in [0.15, 0.2) is 5.96 Å². The Kier molecular flexibility index (Phi) is 12.7. The van der Waals surface area contributed by atoms with Crippen LogP contribution in [0.3, 0.4) is 0 Å². The van der Waals surface area contributed by atoms with Gasteiger partial charge in [-0.25, -0.2) is 4.99 Å². The number of halogens is 1. The van der Waals surface area contributed by atoms with Gasteiger partial charge in [-0.3, -0.25) is 0 Å². The van der Waals surface area contributed by atoms with Gasteiger partial charge in [-0.2, -0.15) is 0 Å². The van der Waals surface area contributed by atoms with Crippen molar-refractivity contribution < 1.29 is 9.47 Å². The average molecular weight is 475 g/mol. The van der Waals surface area contributed by atoms with Crippen LogP contribution < -0.4 is 10.6 Å². The van der Waals surface area contributed by atoms with Crippen LogP contribution in [0.2, 0.25) is 0 Å². The van der Waals surface area contributed by atoms with E-state index in [2.05, 4.69) is 53.7 Å². The Bertz CT molecular complexity index is 520. The summed E-state index contributed by atoms with van der Waals surface area (Å²) < 4.78 is 11.2. The number of nitrogens with one attached hydrogen (secondary N) is 2. The van der Waals surface area contributed by atoms with Gasteiger partial charge in [-0.05, 0) is 50.2 Å². The van der Waals surface area contributed by atoms with E-state index in [-0.39, 0.29) is 24.0 Å². The molecule has 2 rings (SSSR count). The van der Waals surface area contributed by atoms with Gasteiger partial charge in [-0.15, -0.1) is 24.0 Å². The molecule has 0 saturated carbocycles. The zero-order chi connectivity index (χ0) is 17.7. The SMILES string of the molecule is CCNC(=NCc1ccccc1C)NCCCOCC1CCOCC1.I. The van der Waals surface area contributed by atoms with E-state index in [1.807, 2.05) is 0 Å². The predicted octanol–water partition coefficient (Wildman–Crippen LogP) is 3.50. The van der Waals surface area contributed by atoms with E-state index in [9.17, 15) is 0 Å². The lowest BCUT2D eigenvalue weighted by Crippen LogP contribution is -2.38. The molecule has 1 saturated heterocycles. The van der Waals surface area contributed by atoms with Gasteiger partial charge in [0, 0.05) is 39.5 Å². The first-order valence-corrected chi connectivity index (χ1v) is 9.51. The molecule has 0 unspecified atom stereocenters. The summed E-state index contributed by atoms with van der Waals surface area (Å²) in [6.45, 7) is 10.1. The minimum absolute atomic E-state index is 0. The number of benzene rings is 1. The van der Waals surface area contributed by atoms with Gasteiger partial charge in [0.05, 0.1) is 6.54 Å². The fraction of sp³-hybridized carbons (Fsp3) is 0.650. The average Bonchev–Trinajstić information content (AvgIpc) is 2.64. The highest BCUT2D eigenvalue weighted by Crippen LogP contribution is 2.14. The fourth-order valence-corrected chi connectivity index (χ4v) is 2.84. The maximum absolute atomic E-state index is 5.80. The van der Waals surface area contributed by atoms with Crippen LogP contribution in [0.5, 0.6) is 0 Å². The van der Waals surface area contributed by atoms with Crippen molar-refractivity contribution in [3.8, 4) is 0 Å². The monoisotopic (exact) mass is 475 g/mol. The number of hydrogen-bond donors (Lipinski definition) is 2. The molecular weight excluding hydrogens is 441 g/mol. The number of hydrogen-bond acceptors (Lipinski definition) is 3. The molecule has 1 aliphatic heterocycles. The van der Waals surface area contributed by atoms with Gasteiger partial charge in [-0.1, -0.05) is 24.3 Å². The molecule has 2 N–H and O–H groups in total. The lowest BCUT2D eigenvalue weighted by Gasteiger charge is -2.21. The Labute approximate surface area is 175 Å². The summed E-state index contributed by atoms with van der Waals surface area (Å²) in [4.78, 5) is 4.68. The summed E-state index contributed by atoms with van der Waals surface area (Å²) in [5, 5.41) is 6.69. The summed E-state index contributed by atoms with van der Waals surface area (Å²) in [6, 6.07) is 8.38. The largest absolute Gasteiger partial charge is 0.381 e. The molecule has 0 atom stereocenters. The van der Waals surface area contributed by atoms with Crippen LogP contribution in [-0.2, 0) is 16.0 Å². The van der Waals surface area contributed by atoms with Crippen LogP contribution in [-0.4, -0.2) is 45.5 Å². The quantitative estimate of drug-likeness (QED) is 0.249. The molecule has 1 heterocycles. The van der Waals surface area contributed by atoms with Gasteiger partial charge in [0.1, 0.15) is 0 Å². The molecule has 0 aliphatic carbocycles. The van der Waals surface area contributed by atoms with Crippen molar-refractivity contribution in [1.82, 2.24) is 10.6 Å². The molecule has 5 nitrogen and oxygen atoms in total. The zero-order valence-electron chi connectivity index (χ0n) is 16.1. The third kappa shape index (κ3) is 9.19. The normalized spacial score (nSPS) is 15.4. The molecule has 1 fully saturated rings. The molecule has 26 heavy (non-hydrogen) atoms. The van der Waals surface area contributed by atoms with E-state index in [1.54, 1.807) is 0 Å². The Morgan fingerprint density at radius 3 is 2.73 bits per heavy atom. The second kappa shape index (κ2) is 14.2. The highest BCUT2D eigenvalue weighted by atomic mass is 127. The molecule has 0 amide bonds. The van der Waals surface area contributed by atoms with Crippen molar-refractivity contribution >= 4 is 29.9 Å². The Morgan fingerprint density at radius 1 is 1.23 bits per heavy atom. The summed E-state index contributed by atoms with van der Waals surface area (Å²) in [5.41, 5.74) is 2.54. The van der Waals surface area contributed by atoms with Gasteiger partial charge in [0.25, 0.3) is 0 Å². The summed E-state index contributed by atoms with van der Waals surface area (Å²) in [6.07, 6.45) is 3.25. The highest BCUT2D eigenvalue weighted by Gasteiger charge is 2.13. The minimum atomic E-state index is 0. The molecule has 148 valence electrons. The van der Waals surface area contributed by atoms with Crippen LogP contribution in [0.15, 0.2) is 29.3 Å². The Hall–Kier alpha value is -0.860.